The number of hydrogen-bond donors (Lipinski definition) is 1. The van der Waals surface area contributed by atoms with Gasteiger partial charge in [0, 0.05) is 16.6 Å². The summed E-state index contributed by atoms with van der Waals surface area (Å²) in [4.78, 5) is 12.3. The van der Waals surface area contributed by atoms with Crippen LogP contribution in [0.3, 0.4) is 0 Å². The SMILES string of the molecule is Cc1c(Cl)cccc1NC(=O)C1CC2C=CC1C2. The van der Waals surface area contributed by atoms with E-state index in [0.29, 0.717) is 16.9 Å². The summed E-state index contributed by atoms with van der Waals surface area (Å²) in [6.07, 6.45) is 6.58. The molecule has 18 heavy (non-hydrogen) atoms. The average molecular weight is 262 g/mol. The van der Waals surface area contributed by atoms with E-state index in [1.54, 1.807) is 0 Å². The lowest BCUT2D eigenvalue weighted by atomic mass is 9.92. The molecule has 2 bridgehead atoms. The third kappa shape index (κ3) is 1.95. The Balaban J connectivity index is 1.75. The van der Waals surface area contributed by atoms with Crippen molar-refractivity contribution in [3.8, 4) is 0 Å². The lowest BCUT2D eigenvalue weighted by molar-refractivity contribution is -0.120. The maximum atomic E-state index is 12.3. The van der Waals surface area contributed by atoms with Crippen LogP contribution in [0.5, 0.6) is 0 Å². The Morgan fingerprint density at radius 2 is 2.17 bits per heavy atom. The predicted octanol–water partition coefficient (Wildman–Crippen LogP) is 3.80. The van der Waals surface area contributed by atoms with Crippen LogP contribution in [0.25, 0.3) is 0 Å². The van der Waals surface area contributed by atoms with Gasteiger partial charge >= 0.3 is 0 Å². The first-order valence-corrected chi connectivity index (χ1v) is 6.77. The fourth-order valence-corrected chi connectivity index (χ4v) is 3.23. The molecule has 0 heterocycles. The molecule has 0 aromatic heterocycles. The van der Waals surface area contributed by atoms with E-state index in [-0.39, 0.29) is 11.8 Å². The van der Waals surface area contributed by atoms with Crippen molar-refractivity contribution in [3.63, 3.8) is 0 Å². The van der Waals surface area contributed by atoms with Gasteiger partial charge in [-0.1, -0.05) is 29.8 Å². The highest BCUT2D eigenvalue weighted by molar-refractivity contribution is 6.31. The third-order valence-corrected chi connectivity index (χ3v) is 4.55. The van der Waals surface area contributed by atoms with Gasteiger partial charge in [-0.2, -0.15) is 0 Å². The zero-order valence-electron chi connectivity index (χ0n) is 10.3. The summed E-state index contributed by atoms with van der Waals surface area (Å²) in [5.74, 6) is 1.33. The molecule has 3 unspecified atom stereocenters. The highest BCUT2D eigenvalue weighted by atomic mass is 35.5. The zero-order chi connectivity index (χ0) is 12.7. The highest BCUT2D eigenvalue weighted by Gasteiger charge is 2.39. The lowest BCUT2D eigenvalue weighted by Crippen LogP contribution is -2.26. The zero-order valence-corrected chi connectivity index (χ0v) is 11.1. The standard InChI is InChI=1S/C15H16ClNO/c1-9-13(16)3-2-4-14(9)17-15(18)12-8-10-5-6-11(12)7-10/h2-6,10-12H,7-8H2,1H3,(H,17,18). The number of rotatable bonds is 2. The van der Waals surface area contributed by atoms with Gasteiger partial charge in [-0.25, -0.2) is 0 Å². The summed E-state index contributed by atoms with van der Waals surface area (Å²) >= 11 is 6.06. The van der Waals surface area contributed by atoms with Gasteiger partial charge in [0.1, 0.15) is 0 Å². The summed E-state index contributed by atoms with van der Waals surface area (Å²) < 4.78 is 0. The summed E-state index contributed by atoms with van der Waals surface area (Å²) in [7, 11) is 0. The number of allylic oxidation sites excluding steroid dienone is 2. The number of carbonyl (C=O) groups is 1. The molecule has 1 saturated carbocycles. The van der Waals surface area contributed by atoms with Gasteiger partial charge in [0.05, 0.1) is 0 Å². The van der Waals surface area contributed by atoms with Crippen LogP contribution in [0, 0.1) is 24.7 Å². The molecule has 1 aromatic carbocycles. The second-order valence-electron chi connectivity index (χ2n) is 5.29. The minimum atomic E-state index is 0.136. The van der Waals surface area contributed by atoms with Gasteiger partial charge in [0.2, 0.25) is 5.91 Å². The number of amides is 1. The number of anilines is 1. The quantitative estimate of drug-likeness (QED) is 0.806. The molecule has 1 amide bonds. The smallest absolute Gasteiger partial charge is 0.228 e. The summed E-state index contributed by atoms with van der Waals surface area (Å²) in [6, 6.07) is 5.61. The van der Waals surface area contributed by atoms with Crippen LogP contribution >= 0.6 is 11.6 Å². The largest absolute Gasteiger partial charge is 0.326 e. The molecule has 0 spiro atoms. The van der Waals surface area contributed by atoms with Crippen LogP contribution in [-0.2, 0) is 4.79 Å². The Morgan fingerprint density at radius 1 is 1.33 bits per heavy atom. The van der Waals surface area contributed by atoms with Crippen molar-refractivity contribution in [3.05, 3.63) is 40.9 Å². The Bertz CT molecular complexity index is 523. The maximum absolute atomic E-state index is 12.3. The fourth-order valence-electron chi connectivity index (χ4n) is 3.05. The molecule has 0 aliphatic heterocycles. The van der Waals surface area contributed by atoms with E-state index in [1.165, 1.54) is 0 Å². The third-order valence-electron chi connectivity index (χ3n) is 4.14. The van der Waals surface area contributed by atoms with Crippen LogP contribution in [0.15, 0.2) is 30.4 Å². The first-order valence-electron chi connectivity index (χ1n) is 6.39. The molecule has 3 rings (SSSR count). The van der Waals surface area contributed by atoms with Crippen molar-refractivity contribution in [2.45, 2.75) is 19.8 Å². The van der Waals surface area contributed by atoms with Gasteiger partial charge in [-0.05, 0) is 49.3 Å². The van der Waals surface area contributed by atoms with E-state index in [4.69, 9.17) is 11.6 Å². The van der Waals surface area contributed by atoms with Gasteiger partial charge in [-0.15, -0.1) is 0 Å². The Morgan fingerprint density at radius 3 is 2.83 bits per heavy atom. The molecular formula is C15H16ClNO. The second kappa shape index (κ2) is 4.43. The number of nitrogens with one attached hydrogen (secondary N) is 1. The van der Waals surface area contributed by atoms with E-state index < -0.39 is 0 Å². The van der Waals surface area contributed by atoms with E-state index in [2.05, 4.69) is 17.5 Å². The minimum Gasteiger partial charge on any atom is -0.326 e. The van der Waals surface area contributed by atoms with E-state index in [9.17, 15) is 4.79 Å². The Kier molecular flexibility index (Phi) is 2.90. The molecule has 3 atom stereocenters. The number of halogens is 1. The van der Waals surface area contributed by atoms with Crippen molar-refractivity contribution < 1.29 is 4.79 Å². The number of carbonyl (C=O) groups excluding carboxylic acids is 1. The van der Waals surface area contributed by atoms with E-state index in [1.807, 2.05) is 25.1 Å². The van der Waals surface area contributed by atoms with Gasteiger partial charge < -0.3 is 5.32 Å². The summed E-state index contributed by atoms with van der Waals surface area (Å²) in [5, 5.41) is 3.72. The molecule has 2 aliphatic carbocycles. The van der Waals surface area contributed by atoms with Gasteiger partial charge in [0.15, 0.2) is 0 Å². The number of hydrogen-bond acceptors (Lipinski definition) is 1. The van der Waals surface area contributed by atoms with Crippen LogP contribution in [-0.4, -0.2) is 5.91 Å². The van der Waals surface area contributed by atoms with E-state index in [0.717, 1.165) is 24.1 Å². The second-order valence-corrected chi connectivity index (χ2v) is 5.70. The Hall–Kier alpha value is -1.28. The van der Waals surface area contributed by atoms with Gasteiger partial charge in [-0.3, -0.25) is 4.79 Å². The van der Waals surface area contributed by atoms with Crippen LogP contribution < -0.4 is 5.32 Å². The number of benzene rings is 1. The first kappa shape index (κ1) is 11.8. The fraction of sp³-hybridized carbons (Fsp3) is 0.400. The van der Waals surface area contributed by atoms with Crippen molar-refractivity contribution in [2.24, 2.45) is 17.8 Å². The van der Waals surface area contributed by atoms with Crippen molar-refractivity contribution >= 4 is 23.2 Å². The van der Waals surface area contributed by atoms with Crippen LogP contribution in [0.2, 0.25) is 5.02 Å². The molecule has 0 radical (unpaired) electrons. The molecule has 1 N–H and O–H groups in total. The molecule has 0 saturated heterocycles. The molecular weight excluding hydrogens is 246 g/mol. The summed E-state index contributed by atoms with van der Waals surface area (Å²) in [5.41, 5.74) is 1.77. The van der Waals surface area contributed by atoms with Crippen molar-refractivity contribution in [2.75, 3.05) is 5.32 Å². The average Bonchev–Trinajstić information content (AvgIpc) is 2.97. The minimum absolute atomic E-state index is 0.136. The maximum Gasteiger partial charge on any atom is 0.228 e. The van der Waals surface area contributed by atoms with E-state index >= 15 is 0 Å². The summed E-state index contributed by atoms with van der Waals surface area (Å²) in [6.45, 7) is 1.93. The predicted molar refractivity (Wildman–Crippen MR) is 73.7 cm³/mol. The molecule has 3 heteroatoms. The number of fused-ring (bicyclic) bond motifs is 2. The highest BCUT2D eigenvalue weighted by Crippen LogP contribution is 2.43. The van der Waals surface area contributed by atoms with Gasteiger partial charge in [0.25, 0.3) is 0 Å². The van der Waals surface area contributed by atoms with Crippen molar-refractivity contribution in [1.29, 1.82) is 0 Å². The van der Waals surface area contributed by atoms with Crippen molar-refractivity contribution in [1.82, 2.24) is 0 Å². The molecule has 1 aromatic rings. The first-order chi connectivity index (χ1) is 8.65. The lowest BCUT2D eigenvalue weighted by Gasteiger charge is -2.18. The topological polar surface area (TPSA) is 29.1 Å². The van der Waals surface area contributed by atoms with Crippen LogP contribution in [0.1, 0.15) is 18.4 Å². The molecule has 94 valence electrons. The Labute approximate surface area is 112 Å². The monoisotopic (exact) mass is 261 g/mol. The normalized spacial score (nSPS) is 28.7. The van der Waals surface area contributed by atoms with Crippen LogP contribution in [0.4, 0.5) is 5.69 Å². The molecule has 1 fully saturated rings. The molecule has 2 aliphatic rings. The molecule has 2 nitrogen and oxygen atoms in total.